The summed E-state index contributed by atoms with van der Waals surface area (Å²) in [5.41, 5.74) is 1.86. The van der Waals surface area contributed by atoms with Gasteiger partial charge in [0, 0.05) is 18.7 Å². The number of aliphatic carboxylic acids is 1. The number of carbonyl (C=O) groups is 1. The van der Waals surface area contributed by atoms with E-state index >= 15 is 0 Å². The number of aromatic hydroxyl groups is 1. The Hall–Kier alpha value is -0.550. The van der Waals surface area contributed by atoms with E-state index in [1.165, 1.54) is 0 Å². The van der Waals surface area contributed by atoms with Crippen LogP contribution in [0.2, 0.25) is 0 Å². The normalized spacial score (nSPS) is 10.1. The Balaban J connectivity index is 0.00000256. The zero-order valence-electron chi connectivity index (χ0n) is 10.6. The number of aryl methyl sites for hydroxylation is 1. The van der Waals surface area contributed by atoms with Gasteiger partial charge in [0.15, 0.2) is 0 Å². The molecule has 88 valence electrons. The number of rotatable bonds is 5. The van der Waals surface area contributed by atoms with Crippen LogP contribution in [-0.2, 0) is 17.8 Å². The molecule has 0 aromatic heterocycles. The third-order valence-corrected chi connectivity index (χ3v) is 2.39. The molecule has 0 saturated carbocycles. The number of carbonyl (C=O) groups excluding carboxylic acids is 1. The van der Waals surface area contributed by atoms with E-state index in [1.54, 1.807) is 18.0 Å². The van der Waals surface area contributed by atoms with E-state index in [0.29, 0.717) is 6.54 Å². The average molecular weight is 245 g/mol. The van der Waals surface area contributed by atoms with Gasteiger partial charge >= 0.3 is 29.6 Å². The molecule has 0 heterocycles. The molecule has 0 bridgehead atoms. The molecule has 1 aromatic carbocycles. The van der Waals surface area contributed by atoms with Gasteiger partial charge in [-0.3, -0.25) is 4.90 Å². The maximum Gasteiger partial charge on any atom is 1.00 e. The van der Waals surface area contributed by atoms with Crippen molar-refractivity contribution in [3.63, 3.8) is 0 Å². The summed E-state index contributed by atoms with van der Waals surface area (Å²) >= 11 is 0. The fourth-order valence-corrected chi connectivity index (χ4v) is 1.55. The number of carboxylic acids is 1. The molecule has 0 aliphatic heterocycles. The first-order valence-electron chi connectivity index (χ1n) is 5.22. The van der Waals surface area contributed by atoms with E-state index in [-0.39, 0.29) is 41.9 Å². The van der Waals surface area contributed by atoms with Crippen molar-refractivity contribution in [2.45, 2.75) is 19.9 Å². The molecular formula is C12H16NNaO3. The maximum atomic E-state index is 10.4. The van der Waals surface area contributed by atoms with Gasteiger partial charge in [-0.1, -0.05) is 19.1 Å². The third kappa shape index (κ3) is 5.55. The van der Waals surface area contributed by atoms with Crippen LogP contribution in [0, 0.1) is 0 Å². The zero-order valence-corrected chi connectivity index (χ0v) is 12.6. The molecule has 0 unspecified atom stereocenters. The topological polar surface area (TPSA) is 63.6 Å². The monoisotopic (exact) mass is 245 g/mol. The van der Waals surface area contributed by atoms with Crippen molar-refractivity contribution in [3.8, 4) is 5.75 Å². The van der Waals surface area contributed by atoms with Crippen molar-refractivity contribution in [2.24, 2.45) is 0 Å². The molecule has 17 heavy (non-hydrogen) atoms. The van der Waals surface area contributed by atoms with Gasteiger partial charge in [0.05, 0.1) is 5.97 Å². The molecule has 0 saturated heterocycles. The van der Waals surface area contributed by atoms with E-state index in [4.69, 9.17) is 0 Å². The van der Waals surface area contributed by atoms with Crippen LogP contribution >= 0.6 is 0 Å². The smallest absolute Gasteiger partial charge is 0.549 e. The number of likely N-dealkylation sites (N-methyl/N-ethyl adjacent to an activating group) is 1. The van der Waals surface area contributed by atoms with Gasteiger partial charge in [-0.25, -0.2) is 0 Å². The van der Waals surface area contributed by atoms with Gasteiger partial charge in [-0.05, 0) is 25.1 Å². The third-order valence-electron chi connectivity index (χ3n) is 2.39. The predicted octanol–water partition coefficient (Wildman–Crippen LogP) is -2.86. The minimum atomic E-state index is -1.12. The van der Waals surface area contributed by atoms with Gasteiger partial charge in [0.1, 0.15) is 5.75 Å². The van der Waals surface area contributed by atoms with Crippen molar-refractivity contribution in [1.29, 1.82) is 0 Å². The molecular weight excluding hydrogens is 229 g/mol. The number of nitrogens with zero attached hydrogens (tertiary/aromatic N) is 1. The number of carboxylic acid groups (broad SMARTS) is 1. The van der Waals surface area contributed by atoms with Gasteiger partial charge < -0.3 is 15.0 Å². The fourth-order valence-electron chi connectivity index (χ4n) is 1.55. The van der Waals surface area contributed by atoms with Crippen LogP contribution in [0.1, 0.15) is 18.1 Å². The van der Waals surface area contributed by atoms with Crippen LogP contribution in [0.4, 0.5) is 0 Å². The van der Waals surface area contributed by atoms with Crippen molar-refractivity contribution in [3.05, 3.63) is 29.3 Å². The van der Waals surface area contributed by atoms with Crippen LogP contribution in [0.25, 0.3) is 0 Å². The summed E-state index contributed by atoms with van der Waals surface area (Å²) in [4.78, 5) is 12.0. The minimum Gasteiger partial charge on any atom is -0.549 e. The molecule has 0 aliphatic rings. The summed E-state index contributed by atoms with van der Waals surface area (Å²) in [6, 6.07) is 5.39. The second-order valence-corrected chi connectivity index (χ2v) is 3.86. The van der Waals surface area contributed by atoms with E-state index in [1.807, 2.05) is 19.1 Å². The zero-order chi connectivity index (χ0) is 12.1. The van der Waals surface area contributed by atoms with E-state index in [9.17, 15) is 15.0 Å². The molecule has 5 heteroatoms. The number of hydrogen-bond donors (Lipinski definition) is 1. The summed E-state index contributed by atoms with van der Waals surface area (Å²) in [5.74, 6) is -0.920. The largest absolute Gasteiger partial charge is 1.00 e. The summed E-state index contributed by atoms with van der Waals surface area (Å²) in [5, 5.41) is 20.0. The van der Waals surface area contributed by atoms with E-state index in [0.717, 1.165) is 17.5 Å². The first-order valence-corrected chi connectivity index (χ1v) is 5.22. The van der Waals surface area contributed by atoms with Crippen molar-refractivity contribution >= 4 is 5.97 Å². The molecule has 1 N–H and O–H groups in total. The van der Waals surface area contributed by atoms with Gasteiger partial charge in [0.25, 0.3) is 0 Å². The van der Waals surface area contributed by atoms with Gasteiger partial charge in [-0.2, -0.15) is 0 Å². The molecule has 0 aliphatic carbocycles. The molecule has 0 fully saturated rings. The first kappa shape index (κ1) is 16.4. The molecule has 0 spiro atoms. The van der Waals surface area contributed by atoms with Crippen LogP contribution in [-0.4, -0.2) is 29.6 Å². The molecule has 0 atom stereocenters. The molecule has 1 aromatic rings. The van der Waals surface area contributed by atoms with Crippen LogP contribution in [0.15, 0.2) is 18.2 Å². The molecule has 0 amide bonds. The Bertz CT molecular complexity index is 382. The second-order valence-electron chi connectivity index (χ2n) is 3.86. The molecule has 1 rings (SSSR count). The van der Waals surface area contributed by atoms with Crippen LogP contribution in [0.5, 0.6) is 5.75 Å². The first-order chi connectivity index (χ1) is 7.52. The van der Waals surface area contributed by atoms with Crippen molar-refractivity contribution in [1.82, 2.24) is 4.90 Å². The number of phenols is 1. The maximum absolute atomic E-state index is 10.4. The summed E-state index contributed by atoms with van der Waals surface area (Å²) in [7, 11) is 1.67. The summed E-state index contributed by atoms with van der Waals surface area (Å²) in [6.45, 7) is 2.28. The van der Waals surface area contributed by atoms with E-state index in [2.05, 4.69) is 0 Å². The SMILES string of the molecule is CCc1ccc(O)c(CN(C)CC(=O)[O-])c1.[Na+]. The second kappa shape index (κ2) is 7.71. The molecule has 0 radical (unpaired) electrons. The Kier molecular flexibility index (Phi) is 7.46. The number of hydrogen-bond acceptors (Lipinski definition) is 4. The quantitative estimate of drug-likeness (QED) is 0.567. The van der Waals surface area contributed by atoms with Crippen molar-refractivity contribution in [2.75, 3.05) is 13.6 Å². The average Bonchev–Trinajstić information content (AvgIpc) is 2.20. The van der Waals surface area contributed by atoms with Gasteiger partial charge in [0.2, 0.25) is 0 Å². The van der Waals surface area contributed by atoms with Gasteiger partial charge in [-0.15, -0.1) is 0 Å². The number of benzene rings is 1. The Morgan fingerprint density at radius 1 is 1.47 bits per heavy atom. The summed E-state index contributed by atoms with van der Waals surface area (Å²) < 4.78 is 0. The Labute approximate surface area is 124 Å². The Morgan fingerprint density at radius 3 is 2.65 bits per heavy atom. The fraction of sp³-hybridized carbons (Fsp3) is 0.417. The van der Waals surface area contributed by atoms with Crippen molar-refractivity contribution < 1.29 is 44.6 Å². The van der Waals surface area contributed by atoms with Crippen LogP contribution in [0.3, 0.4) is 0 Å². The summed E-state index contributed by atoms with van der Waals surface area (Å²) in [6.07, 6.45) is 0.886. The molecule has 4 nitrogen and oxygen atoms in total. The minimum absolute atomic E-state index is 0. The Morgan fingerprint density at radius 2 is 2.12 bits per heavy atom. The predicted molar refractivity (Wildman–Crippen MR) is 58.8 cm³/mol. The van der Waals surface area contributed by atoms with Crippen LogP contribution < -0.4 is 34.7 Å². The number of phenolic OH excluding ortho intramolecular Hbond substituents is 1. The van der Waals surface area contributed by atoms with E-state index < -0.39 is 5.97 Å². The standard InChI is InChI=1S/C12H17NO3.Na/c1-3-9-4-5-11(14)10(6-9)7-13(2)8-12(15)16;/h4-6,14H,3,7-8H2,1-2H3,(H,15,16);/q;+1/p-1.